The number of fused-ring (bicyclic) bond motifs is 1. The van der Waals surface area contributed by atoms with Gasteiger partial charge in [-0.05, 0) is 43.5 Å². The van der Waals surface area contributed by atoms with Gasteiger partial charge >= 0.3 is 0 Å². The molecule has 1 aromatic heterocycles. The zero-order chi connectivity index (χ0) is 12.7. The number of anilines is 1. The summed E-state index contributed by atoms with van der Waals surface area (Å²) >= 11 is 0. The Hall–Kier alpha value is -1.97. The molecule has 4 nitrogen and oxygen atoms in total. The Balaban J connectivity index is 1.91. The standard InChI is InChI=1S/C14H17N3O/c1-17(11-3-2-4-11)14(18)13-8-9-7-10(15)5-6-12(9)16-13/h5-8,11,16H,2-4,15H2,1H3. The predicted octanol–water partition coefficient (Wildman–Crippen LogP) is 2.37. The fourth-order valence-corrected chi connectivity index (χ4v) is 2.40. The van der Waals surface area contributed by atoms with Crippen molar-refractivity contribution in [2.75, 3.05) is 12.8 Å². The fourth-order valence-electron chi connectivity index (χ4n) is 2.40. The van der Waals surface area contributed by atoms with Gasteiger partial charge in [0.1, 0.15) is 5.69 Å². The molecule has 2 aromatic rings. The molecule has 0 unspecified atom stereocenters. The zero-order valence-electron chi connectivity index (χ0n) is 10.4. The first kappa shape index (κ1) is 11.1. The van der Waals surface area contributed by atoms with Gasteiger partial charge in [-0.15, -0.1) is 0 Å². The molecule has 1 aromatic carbocycles. The van der Waals surface area contributed by atoms with Crippen LogP contribution in [0.1, 0.15) is 29.8 Å². The molecule has 1 saturated carbocycles. The van der Waals surface area contributed by atoms with Gasteiger partial charge in [0.15, 0.2) is 0 Å². The Bertz CT molecular complexity index is 598. The van der Waals surface area contributed by atoms with Gasteiger partial charge in [0, 0.05) is 29.7 Å². The maximum Gasteiger partial charge on any atom is 0.270 e. The zero-order valence-corrected chi connectivity index (χ0v) is 10.4. The van der Waals surface area contributed by atoms with Crippen LogP contribution in [0.5, 0.6) is 0 Å². The summed E-state index contributed by atoms with van der Waals surface area (Å²) in [5, 5.41) is 0.986. The van der Waals surface area contributed by atoms with Gasteiger partial charge in [0.05, 0.1) is 0 Å². The molecule has 0 atom stereocenters. The van der Waals surface area contributed by atoms with Crippen LogP contribution in [-0.2, 0) is 0 Å². The number of hydrogen-bond acceptors (Lipinski definition) is 2. The van der Waals surface area contributed by atoms with Gasteiger partial charge in [-0.2, -0.15) is 0 Å². The van der Waals surface area contributed by atoms with Gasteiger partial charge in [-0.3, -0.25) is 4.79 Å². The molecule has 1 aliphatic carbocycles. The molecule has 0 spiro atoms. The van der Waals surface area contributed by atoms with E-state index in [0.29, 0.717) is 17.4 Å². The first-order valence-corrected chi connectivity index (χ1v) is 6.30. The highest BCUT2D eigenvalue weighted by molar-refractivity contribution is 5.98. The van der Waals surface area contributed by atoms with Crippen LogP contribution in [0.25, 0.3) is 10.9 Å². The minimum absolute atomic E-state index is 0.0643. The van der Waals surface area contributed by atoms with Crippen molar-refractivity contribution in [2.24, 2.45) is 0 Å². The van der Waals surface area contributed by atoms with E-state index in [4.69, 9.17) is 5.73 Å². The van der Waals surface area contributed by atoms with Crippen LogP contribution in [0.15, 0.2) is 24.3 Å². The number of rotatable bonds is 2. The molecule has 0 saturated heterocycles. The molecule has 0 radical (unpaired) electrons. The van der Waals surface area contributed by atoms with Crippen molar-refractivity contribution in [3.63, 3.8) is 0 Å². The lowest BCUT2D eigenvalue weighted by molar-refractivity contribution is 0.0647. The van der Waals surface area contributed by atoms with Crippen molar-refractivity contribution < 1.29 is 4.79 Å². The number of amides is 1. The topological polar surface area (TPSA) is 62.1 Å². The van der Waals surface area contributed by atoms with Crippen LogP contribution >= 0.6 is 0 Å². The highest BCUT2D eigenvalue weighted by Crippen LogP contribution is 2.26. The number of nitrogens with zero attached hydrogens (tertiary/aromatic N) is 1. The van der Waals surface area contributed by atoms with Crippen LogP contribution < -0.4 is 5.73 Å². The van der Waals surface area contributed by atoms with E-state index in [0.717, 1.165) is 23.7 Å². The number of nitrogens with two attached hydrogens (primary N) is 1. The van der Waals surface area contributed by atoms with Crippen molar-refractivity contribution in [1.82, 2.24) is 9.88 Å². The van der Waals surface area contributed by atoms with E-state index in [-0.39, 0.29) is 5.91 Å². The molecular weight excluding hydrogens is 226 g/mol. The Morgan fingerprint density at radius 2 is 2.17 bits per heavy atom. The summed E-state index contributed by atoms with van der Waals surface area (Å²) in [7, 11) is 1.88. The molecule has 3 N–H and O–H groups in total. The molecule has 1 amide bonds. The average Bonchev–Trinajstić information content (AvgIpc) is 2.68. The number of hydrogen-bond donors (Lipinski definition) is 2. The predicted molar refractivity (Wildman–Crippen MR) is 72.4 cm³/mol. The largest absolute Gasteiger partial charge is 0.399 e. The molecule has 1 heterocycles. The van der Waals surface area contributed by atoms with E-state index in [9.17, 15) is 4.79 Å². The van der Waals surface area contributed by atoms with Gasteiger partial charge in [0.2, 0.25) is 0 Å². The van der Waals surface area contributed by atoms with Crippen molar-refractivity contribution in [3.8, 4) is 0 Å². The van der Waals surface area contributed by atoms with Crippen LogP contribution in [0.2, 0.25) is 0 Å². The maximum absolute atomic E-state index is 12.3. The molecule has 4 heteroatoms. The van der Waals surface area contributed by atoms with Gasteiger partial charge in [-0.25, -0.2) is 0 Å². The van der Waals surface area contributed by atoms with Crippen molar-refractivity contribution >= 4 is 22.5 Å². The average molecular weight is 243 g/mol. The Kier molecular flexibility index (Phi) is 2.51. The van der Waals surface area contributed by atoms with E-state index in [2.05, 4.69) is 4.98 Å². The highest BCUT2D eigenvalue weighted by Gasteiger charge is 2.26. The van der Waals surface area contributed by atoms with Gasteiger partial charge < -0.3 is 15.6 Å². The Morgan fingerprint density at radius 3 is 2.83 bits per heavy atom. The van der Waals surface area contributed by atoms with E-state index in [1.807, 2.05) is 36.2 Å². The number of benzene rings is 1. The lowest BCUT2D eigenvalue weighted by Gasteiger charge is -2.34. The maximum atomic E-state index is 12.3. The third-order valence-corrected chi connectivity index (χ3v) is 3.82. The van der Waals surface area contributed by atoms with Crippen LogP contribution in [0.3, 0.4) is 0 Å². The van der Waals surface area contributed by atoms with Crippen LogP contribution in [-0.4, -0.2) is 28.9 Å². The molecule has 3 rings (SSSR count). The monoisotopic (exact) mass is 243 g/mol. The van der Waals surface area contributed by atoms with E-state index < -0.39 is 0 Å². The number of aromatic nitrogens is 1. The molecular formula is C14H17N3O. The van der Waals surface area contributed by atoms with Crippen LogP contribution in [0.4, 0.5) is 5.69 Å². The first-order valence-electron chi connectivity index (χ1n) is 6.30. The number of carbonyl (C=O) groups excluding carboxylic acids is 1. The summed E-state index contributed by atoms with van der Waals surface area (Å²) in [6.07, 6.45) is 3.47. The lowest BCUT2D eigenvalue weighted by Crippen LogP contribution is -2.41. The quantitative estimate of drug-likeness (QED) is 0.795. The van der Waals surface area contributed by atoms with Crippen molar-refractivity contribution in [1.29, 1.82) is 0 Å². The highest BCUT2D eigenvalue weighted by atomic mass is 16.2. The Labute approximate surface area is 106 Å². The molecule has 94 valence electrons. The first-order chi connectivity index (χ1) is 8.65. The molecule has 1 aliphatic rings. The van der Waals surface area contributed by atoms with Gasteiger partial charge in [0.25, 0.3) is 5.91 Å². The summed E-state index contributed by atoms with van der Waals surface area (Å²) in [4.78, 5) is 17.3. The summed E-state index contributed by atoms with van der Waals surface area (Å²) < 4.78 is 0. The number of aromatic amines is 1. The molecule has 0 bridgehead atoms. The normalized spacial score (nSPS) is 15.6. The van der Waals surface area contributed by atoms with Crippen molar-refractivity contribution in [2.45, 2.75) is 25.3 Å². The summed E-state index contributed by atoms with van der Waals surface area (Å²) in [6, 6.07) is 7.91. The third kappa shape index (κ3) is 1.74. The third-order valence-electron chi connectivity index (χ3n) is 3.82. The fraction of sp³-hybridized carbons (Fsp3) is 0.357. The molecule has 18 heavy (non-hydrogen) atoms. The second-order valence-corrected chi connectivity index (χ2v) is 5.03. The van der Waals surface area contributed by atoms with Gasteiger partial charge in [-0.1, -0.05) is 0 Å². The van der Waals surface area contributed by atoms with Crippen LogP contribution in [0, 0.1) is 0 Å². The number of H-pyrrole nitrogens is 1. The SMILES string of the molecule is CN(C(=O)c1cc2cc(N)ccc2[nH]1)C1CCC1. The number of nitrogen functional groups attached to an aromatic ring is 1. The second kappa shape index (κ2) is 4.05. The Morgan fingerprint density at radius 1 is 1.39 bits per heavy atom. The summed E-state index contributed by atoms with van der Waals surface area (Å²) in [6.45, 7) is 0. The number of nitrogens with one attached hydrogen (secondary N) is 1. The number of carbonyl (C=O) groups is 1. The van der Waals surface area contributed by atoms with E-state index >= 15 is 0 Å². The minimum Gasteiger partial charge on any atom is -0.399 e. The summed E-state index contributed by atoms with van der Waals surface area (Å²) in [5.74, 6) is 0.0643. The summed E-state index contributed by atoms with van der Waals surface area (Å²) in [5.41, 5.74) is 8.05. The smallest absolute Gasteiger partial charge is 0.270 e. The second-order valence-electron chi connectivity index (χ2n) is 5.03. The molecule has 1 fully saturated rings. The lowest BCUT2D eigenvalue weighted by atomic mass is 9.92. The van der Waals surface area contributed by atoms with E-state index in [1.165, 1.54) is 6.42 Å². The van der Waals surface area contributed by atoms with Crippen molar-refractivity contribution in [3.05, 3.63) is 30.0 Å². The van der Waals surface area contributed by atoms with E-state index in [1.54, 1.807) is 0 Å². The minimum atomic E-state index is 0.0643. The molecule has 0 aliphatic heterocycles.